The van der Waals surface area contributed by atoms with Crippen LogP contribution in [-0.4, -0.2) is 138 Å². The number of benzene rings is 2. The fourth-order valence-corrected chi connectivity index (χ4v) is 9.64. The largest absolute Gasteiger partial charge is 0.375 e. The van der Waals surface area contributed by atoms with Crippen molar-refractivity contribution >= 4 is 45.7 Å². The number of ether oxygens (including phenoxy) is 1. The molecule has 6 bridgehead atoms. The van der Waals surface area contributed by atoms with Crippen LogP contribution < -0.4 is 15.1 Å². The van der Waals surface area contributed by atoms with Gasteiger partial charge in [0.2, 0.25) is 17.8 Å². The Bertz CT molecular complexity index is 2680. The summed E-state index contributed by atoms with van der Waals surface area (Å²) in [6.07, 6.45) is 1.06. The average Bonchev–Trinajstić information content (AvgIpc) is 4.06. The lowest BCUT2D eigenvalue weighted by Crippen LogP contribution is -2.49. The molecule has 8 heterocycles. The number of hydrogen-bond acceptors (Lipinski definition) is 12. The summed E-state index contributed by atoms with van der Waals surface area (Å²) in [5.74, 6) is -0.765. The molecule has 0 saturated carbocycles. The minimum absolute atomic E-state index is 0.0429. The topological polar surface area (TPSA) is 138 Å². The van der Waals surface area contributed by atoms with Crippen LogP contribution >= 0.6 is 0 Å². The average molecular weight is 844 g/mol. The fourth-order valence-electron chi connectivity index (χ4n) is 9.64. The Morgan fingerprint density at radius 1 is 0.918 bits per heavy atom. The van der Waals surface area contributed by atoms with Crippen molar-refractivity contribution in [2.45, 2.75) is 69.9 Å². The molecule has 4 aliphatic heterocycles. The summed E-state index contributed by atoms with van der Waals surface area (Å²) in [7, 11) is 1.72. The zero-order chi connectivity index (χ0) is 42.3. The number of aromatic nitrogens is 8. The normalized spacial score (nSPS) is 23.1. The molecule has 3 saturated heterocycles. The monoisotopic (exact) mass is 843 g/mol. The van der Waals surface area contributed by atoms with Crippen LogP contribution in [0.5, 0.6) is 0 Å². The maximum atomic E-state index is 15.4. The summed E-state index contributed by atoms with van der Waals surface area (Å²) < 4.78 is 81.1. The molecule has 61 heavy (non-hydrogen) atoms. The molecule has 5 atom stereocenters. The maximum absolute atomic E-state index is 15.4. The van der Waals surface area contributed by atoms with E-state index >= 15 is 8.78 Å². The van der Waals surface area contributed by atoms with E-state index in [2.05, 4.69) is 20.4 Å². The first-order valence-corrected chi connectivity index (χ1v) is 20.3. The lowest BCUT2D eigenvalue weighted by molar-refractivity contribution is -0.133. The van der Waals surface area contributed by atoms with E-state index in [9.17, 15) is 18.0 Å². The number of carbonyl (C=O) groups is 1. The summed E-state index contributed by atoms with van der Waals surface area (Å²) in [5, 5.41) is 8.35. The first kappa shape index (κ1) is 39.1. The van der Waals surface area contributed by atoms with Crippen LogP contribution in [0.3, 0.4) is 0 Å². The predicted molar refractivity (Wildman–Crippen MR) is 215 cm³/mol. The Morgan fingerprint density at radius 2 is 1.77 bits per heavy atom. The van der Waals surface area contributed by atoms with Gasteiger partial charge in [-0.2, -0.15) is 15.1 Å². The molecule has 0 unspecified atom stereocenters. The van der Waals surface area contributed by atoms with Crippen molar-refractivity contribution < 1.29 is 31.5 Å². The fraction of sp³-hybridized carbons (Fsp3) is 0.439. The zero-order valence-corrected chi connectivity index (χ0v) is 33.5. The smallest absolute Gasteiger partial charge is 0.251 e. The second-order valence-electron chi connectivity index (χ2n) is 16.2. The van der Waals surface area contributed by atoms with Crippen molar-refractivity contribution in [2.75, 3.05) is 61.5 Å². The van der Waals surface area contributed by atoms with Crippen LogP contribution in [0, 0.1) is 24.4 Å². The van der Waals surface area contributed by atoms with Crippen molar-refractivity contribution in [2.24, 2.45) is 0 Å². The third-order valence-electron chi connectivity index (χ3n) is 12.3. The number of anilines is 3. The van der Waals surface area contributed by atoms with Crippen LogP contribution in [0.2, 0.25) is 0 Å². The first-order valence-electron chi connectivity index (χ1n) is 20.3. The van der Waals surface area contributed by atoms with E-state index in [4.69, 9.17) is 19.7 Å². The number of nitrogens with one attached hydrogen (secondary N) is 1. The summed E-state index contributed by atoms with van der Waals surface area (Å²) in [6.45, 7) is 5.29. The molecule has 6 aromatic rings. The molecule has 1 N–H and O–H groups in total. The summed E-state index contributed by atoms with van der Waals surface area (Å²) >= 11 is 0. The maximum Gasteiger partial charge on any atom is 0.251 e. The van der Waals surface area contributed by atoms with Gasteiger partial charge in [0, 0.05) is 81.9 Å². The van der Waals surface area contributed by atoms with Gasteiger partial charge in [-0.25, -0.2) is 41.6 Å². The van der Waals surface area contributed by atoms with Gasteiger partial charge in [-0.1, -0.05) is 0 Å². The van der Waals surface area contributed by atoms with Gasteiger partial charge in [0.25, 0.3) is 6.43 Å². The number of carbonyl (C=O) groups excluding carboxylic acids is 1. The highest BCUT2D eigenvalue weighted by molar-refractivity contribution is 5.94. The van der Waals surface area contributed by atoms with Crippen molar-refractivity contribution in [3.05, 3.63) is 72.1 Å². The summed E-state index contributed by atoms with van der Waals surface area (Å²) in [4.78, 5) is 46.2. The highest BCUT2D eigenvalue weighted by Crippen LogP contribution is 2.39. The second kappa shape index (κ2) is 15.2. The molecule has 2 aromatic carbocycles. The van der Waals surface area contributed by atoms with E-state index in [1.807, 2.05) is 28.2 Å². The van der Waals surface area contributed by atoms with Gasteiger partial charge in [0.1, 0.15) is 35.0 Å². The number of rotatable bonds is 7. The van der Waals surface area contributed by atoms with Gasteiger partial charge in [-0.3, -0.25) is 9.69 Å². The Kier molecular flexibility index (Phi) is 9.72. The number of fused-ring (bicyclic) bond motifs is 8. The summed E-state index contributed by atoms with van der Waals surface area (Å²) in [6, 6.07) is 6.20. The van der Waals surface area contributed by atoms with Crippen molar-refractivity contribution in [1.29, 1.82) is 0 Å². The molecule has 4 aromatic heterocycles. The van der Waals surface area contributed by atoms with Gasteiger partial charge in [-0.15, -0.1) is 0 Å². The van der Waals surface area contributed by atoms with E-state index in [0.29, 0.717) is 78.4 Å². The second-order valence-corrected chi connectivity index (χ2v) is 16.2. The number of hydrogen-bond donors (Lipinski definition) is 1. The van der Waals surface area contributed by atoms with Crippen LogP contribution in [0.4, 0.5) is 39.7 Å². The quantitative estimate of drug-likeness (QED) is 0.221. The Labute approximate surface area is 346 Å². The number of imidazole rings is 1. The van der Waals surface area contributed by atoms with Gasteiger partial charge in [0.15, 0.2) is 11.5 Å². The molecule has 0 spiro atoms. The number of halogens is 5. The van der Waals surface area contributed by atoms with E-state index in [1.54, 1.807) is 29.1 Å². The highest BCUT2D eigenvalue weighted by Gasteiger charge is 2.46. The minimum atomic E-state index is -2.47. The van der Waals surface area contributed by atoms with Crippen LogP contribution in [-0.2, 0) is 16.1 Å². The van der Waals surface area contributed by atoms with Gasteiger partial charge >= 0.3 is 0 Å². The Balaban J connectivity index is 1.09. The van der Waals surface area contributed by atoms with Crippen molar-refractivity contribution in [3.63, 3.8) is 0 Å². The molecule has 0 radical (unpaired) electrons. The SMILES string of the molecule is CCO[C@H]1CN(C)C(=O)[C@@H]2C[C@@H](CN2c2nc(N3C[C@H]4C[C@@H]3CN4CC(F)F)nc3c2cnn3-c2ccc(F)cc2F)Nc2nccc(n2)-c2cc(F)cc3nc(C)n(c23)C1. The third-order valence-corrected chi connectivity index (χ3v) is 12.3. The van der Waals surface area contributed by atoms with E-state index in [-0.39, 0.29) is 60.9 Å². The molecule has 1 amide bonds. The standard InChI is InChI=1S/C41H42F5N13O2/c1-4-61-27-18-54(3)39(60)34-12-24(50-40-47-8-7-31(51-40)28-9-23(43)11-32-36(28)56(19-27)21(2)49-32)15-58(34)37-29-14-48-59(33-6-5-22(42)10-30(33)44)38(29)53-41(52-37)57-17-25-13-26(57)16-55(25)20-35(45)46/h5-11,14,24-27,34-35H,4,12-13,15-20H2,1-3H3,(H,47,50,51)/t24-,25+,26+,27-,34-/m0/s1. The lowest BCUT2D eigenvalue weighted by Gasteiger charge is -2.35. The van der Waals surface area contributed by atoms with Crippen LogP contribution in [0.25, 0.3) is 39.0 Å². The molecule has 3 fully saturated rings. The Hall–Kier alpha value is -6.02. The lowest BCUT2D eigenvalue weighted by atomic mass is 10.1. The zero-order valence-electron chi connectivity index (χ0n) is 33.5. The number of likely N-dealkylation sites (N-methyl/N-ethyl adjacent to an activating group) is 1. The van der Waals surface area contributed by atoms with Crippen molar-refractivity contribution in [1.82, 2.24) is 49.1 Å². The van der Waals surface area contributed by atoms with E-state index in [1.165, 1.54) is 29.1 Å². The molecule has 15 nitrogen and oxygen atoms in total. The highest BCUT2D eigenvalue weighted by atomic mass is 19.3. The Morgan fingerprint density at radius 3 is 2.54 bits per heavy atom. The third kappa shape index (κ3) is 6.94. The minimum Gasteiger partial charge on any atom is -0.375 e. The van der Waals surface area contributed by atoms with Gasteiger partial charge in [-0.05, 0) is 51.0 Å². The molecule has 20 heteroatoms. The predicted octanol–water partition coefficient (Wildman–Crippen LogP) is 4.81. The molecule has 10 rings (SSSR count). The molecule has 0 aliphatic carbocycles. The molecule has 318 valence electrons. The number of nitrogens with zero attached hydrogens (tertiary/aromatic N) is 12. The number of amides is 1. The summed E-state index contributed by atoms with van der Waals surface area (Å²) in [5.41, 5.74) is 2.32. The molecular formula is C41H42F5N13O2. The van der Waals surface area contributed by atoms with Crippen molar-refractivity contribution in [3.8, 4) is 16.9 Å². The number of likely N-dealkylation sites (tertiary alicyclic amines) is 1. The number of alkyl halides is 2. The number of aryl methyl sites for hydroxylation is 1. The first-order chi connectivity index (χ1) is 29.4. The van der Waals surface area contributed by atoms with E-state index in [0.717, 1.165) is 12.1 Å². The molecular weight excluding hydrogens is 802 g/mol. The number of piperazine rings is 1. The van der Waals surface area contributed by atoms with Crippen LogP contribution in [0.15, 0.2) is 48.8 Å². The van der Waals surface area contributed by atoms with Gasteiger partial charge in [0.05, 0.1) is 47.5 Å². The van der Waals surface area contributed by atoms with Crippen LogP contribution in [0.1, 0.15) is 25.6 Å². The van der Waals surface area contributed by atoms with Gasteiger partial charge < -0.3 is 29.3 Å². The molecule has 4 aliphatic rings. The van der Waals surface area contributed by atoms with E-state index < -0.39 is 42.1 Å².